The fourth-order valence-electron chi connectivity index (χ4n) is 2.88. The summed E-state index contributed by atoms with van der Waals surface area (Å²) >= 11 is 0. The lowest BCUT2D eigenvalue weighted by Gasteiger charge is -2.42. The zero-order chi connectivity index (χ0) is 12.7. The molecule has 2 aliphatic rings. The predicted molar refractivity (Wildman–Crippen MR) is 73.8 cm³/mol. The maximum atomic E-state index is 6.61. The van der Waals surface area contributed by atoms with Crippen molar-refractivity contribution in [3.05, 3.63) is 0 Å². The average Bonchev–Trinajstić information content (AvgIpc) is 2.77. The van der Waals surface area contributed by atoms with Gasteiger partial charge in [0.2, 0.25) is 0 Å². The van der Waals surface area contributed by atoms with Crippen LogP contribution in [0.25, 0.3) is 0 Å². The lowest BCUT2D eigenvalue weighted by molar-refractivity contribution is -0.0644. The molecule has 1 heterocycles. The van der Waals surface area contributed by atoms with Crippen LogP contribution < -0.4 is 0 Å². The summed E-state index contributed by atoms with van der Waals surface area (Å²) in [4.78, 5) is 0. The van der Waals surface area contributed by atoms with E-state index in [-0.39, 0.29) is 5.60 Å². The molecule has 1 saturated carbocycles. The predicted octanol–water partition coefficient (Wildman–Crippen LogP) is 4.11. The molecule has 0 bridgehead atoms. The Morgan fingerprint density at radius 3 is 2.35 bits per heavy atom. The first-order valence-corrected chi connectivity index (χ1v) is 9.99. The van der Waals surface area contributed by atoms with E-state index in [1.54, 1.807) is 0 Å². The van der Waals surface area contributed by atoms with Gasteiger partial charge in [-0.15, -0.1) is 0 Å². The van der Waals surface area contributed by atoms with Crippen molar-refractivity contribution in [2.75, 3.05) is 6.61 Å². The monoisotopic (exact) mass is 256 g/mol. The summed E-state index contributed by atoms with van der Waals surface area (Å²) < 4.78 is 12.7. The van der Waals surface area contributed by atoms with E-state index in [0.717, 1.165) is 6.61 Å². The van der Waals surface area contributed by atoms with Gasteiger partial charge in [-0.2, -0.15) is 0 Å². The van der Waals surface area contributed by atoms with Crippen LogP contribution in [-0.4, -0.2) is 26.6 Å². The van der Waals surface area contributed by atoms with Crippen LogP contribution >= 0.6 is 0 Å². The van der Waals surface area contributed by atoms with E-state index in [4.69, 9.17) is 9.16 Å². The Kier molecular flexibility index (Phi) is 3.48. The summed E-state index contributed by atoms with van der Waals surface area (Å²) in [5.41, 5.74) is 0.0928. The molecule has 2 nitrogen and oxygen atoms in total. The molecule has 0 aromatic heterocycles. The van der Waals surface area contributed by atoms with E-state index >= 15 is 0 Å². The zero-order valence-electron chi connectivity index (χ0n) is 12.1. The summed E-state index contributed by atoms with van der Waals surface area (Å²) in [6.07, 6.45) is 6.49. The van der Waals surface area contributed by atoms with E-state index in [9.17, 15) is 0 Å². The number of rotatable bonds is 2. The molecule has 0 unspecified atom stereocenters. The highest BCUT2D eigenvalue weighted by Gasteiger charge is 2.50. The third-order valence-corrected chi connectivity index (χ3v) is 9.52. The van der Waals surface area contributed by atoms with Gasteiger partial charge in [0.1, 0.15) is 0 Å². The molecule has 0 aromatic carbocycles. The summed E-state index contributed by atoms with van der Waals surface area (Å²) in [7, 11) is -1.64. The fourth-order valence-corrected chi connectivity index (χ4v) is 4.28. The van der Waals surface area contributed by atoms with Crippen molar-refractivity contribution < 1.29 is 9.16 Å². The van der Waals surface area contributed by atoms with Crippen LogP contribution in [0.4, 0.5) is 0 Å². The molecule has 2 rings (SSSR count). The van der Waals surface area contributed by atoms with Gasteiger partial charge in [0, 0.05) is 6.61 Å². The largest absolute Gasteiger partial charge is 0.411 e. The molecule has 100 valence electrons. The second-order valence-corrected chi connectivity index (χ2v) is 12.0. The number of hydrogen-bond donors (Lipinski definition) is 0. The molecule has 2 fully saturated rings. The summed E-state index contributed by atoms with van der Waals surface area (Å²) in [5.74, 6) is 0. The molecule has 1 saturated heterocycles. The summed E-state index contributed by atoms with van der Waals surface area (Å²) in [6, 6.07) is 0. The molecule has 1 aliphatic heterocycles. The minimum atomic E-state index is -1.64. The first-order valence-electron chi connectivity index (χ1n) is 7.09. The highest BCUT2D eigenvalue weighted by molar-refractivity contribution is 6.74. The minimum absolute atomic E-state index is 0.0928. The van der Waals surface area contributed by atoms with Crippen LogP contribution in [0.5, 0.6) is 0 Å². The maximum absolute atomic E-state index is 6.61. The second-order valence-electron chi connectivity index (χ2n) is 7.28. The van der Waals surface area contributed by atoms with Gasteiger partial charge in [0.05, 0.1) is 11.7 Å². The Bertz CT molecular complexity index is 269. The molecule has 0 aromatic rings. The van der Waals surface area contributed by atoms with E-state index in [1.165, 1.54) is 32.1 Å². The van der Waals surface area contributed by atoms with Crippen molar-refractivity contribution in [2.24, 2.45) is 0 Å². The Morgan fingerprint density at radius 1 is 1.18 bits per heavy atom. The van der Waals surface area contributed by atoms with Crippen LogP contribution in [-0.2, 0) is 9.16 Å². The lowest BCUT2D eigenvalue weighted by Crippen LogP contribution is -2.49. The topological polar surface area (TPSA) is 18.5 Å². The molecule has 0 amide bonds. The summed E-state index contributed by atoms with van der Waals surface area (Å²) in [5, 5.41) is 0.301. The lowest BCUT2D eigenvalue weighted by atomic mass is 9.96. The van der Waals surface area contributed by atoms with Gasteiger partial charge in [-0.05, 0) is 50.2 Å². The molecule has 17 heavy (non-hydrogen) atoms. The third-order valence-electron chi connectivity index (χ3n) is 5.03. The Labute approximate surface area is 107 Å². The Balaban J connectivity index is 2.08. The van der Waals surface area contributed by atoms with Crippen molar-refractivity contribution in [1.29, 1.82) is 0 Å². The zero-order valence-corrected chi connectivity index (χ0v) is 13.1. The van der Waals surface area contributed by atoms with Crippen LogP contribution in [0, 0.1) is 0 Å². The van der Waals surface area contributed by atoms with Crippen LogP contribution in [0.2, 0.25) is 18.1 Å². The Morgan fingerprint density at radius 2 is 1.82 bits per heavy atom. The molecule has 2 atom stereocenters. The van der Waals surface area contributed by atoms with Crippen molar-refractivity contribution in [3.8, 4) is 0 Å². The standard InChI is InChI=1S/C14H28O2Si/c1-13(2,3)17(4,5)16-12-8-6-9-14(12)10-7-11-15-14/h12H,6-11H2,1-5H3/t12-,14-/m0/s1. The van der Waals surface area contributed by atoms with Gasteiger partial charge in [-0.25, -0.2) is 0 Å². The highest BCUT2D eigenvalue weighted by atomic mass is 28.4. The van der Waals surface area contributed by atoms with Gasteiger partial charge >= 0.3 is 0 Å². The van der Waals surface area contributed by atoms with Gasteiger partial charge in [-0.3, -0.25) is 0 Å². The number of ether oxygens (including phenoxy) is 1. The second kappa shape index (κ2) is 4.36. The Hall–Kier alpha value is 0.137. The molecule has 1 spiro atoms. The van der Waals surface area contributed by atoms with E-state index in [2.05, 4.69) is 33.9 Å². The molecule has 3 heteroatoms. The van der Waals surface area contributed by atoms with Crippen LogP contribution in [0.3, 0.4) is 0 Å². The van der Waals surface area contributed by atoms with Gasteiger partial charge in [-0.1, -0.05) is 20.8 Å². The SMILES string of the molecule is CC(C)(C)[Si](C)(C)O[C@H]1CCC[C@]12CCCO2. The first kappa shape index (κ1) is 13.6. The van der Waals surface area contributed by atoms with E-state index in [0.29, 0.717) is 11.1 Å². The summed E-state index contributed by atoms with van der Waals surface area (Å²) in [6.45, 7) is 12.6. The van der Waals surface area contributed by atoms with Gasteiger partial charge < -0.3 is 9.16 Å². The van der Waals surface area contributed by atoms with Crippen LogP contribution in [0.1, 0.15) is 52.9 Å². The fraction of sp³-hybridized carbons (Fsp3) is 1.00. The highest BCUT2D eigenvalue weighted by Crippen LogP contribution is 2.46. The molecular weight excluding hydrogens is 228 g/mol. The van der Waals surface area contributed by atoms with Crippen molar-refractivity contribution in [3.63, 3.8) is 0 Å². The van der Waals surface area contributed by atoms with Crippen molar-refractivity contribution in [2.45, 2.75) is 82.7 Å². The maximum Gasteiger partial charge on any atom is 0.192 e. The number of hydrogen-bond acceptors (Lipinski definition) is 2. The van der Waals surface area contributed by atoms with Gasteiger partial charge in [0.25, 0.3) is 0 Å². The minimum Gasteiger partial charge on any atom is -0.411 e. The average molecular weight is 256 g/mol. The third kappa shape index (κ3) is 2.47. The molecule has 0 N–H and O–H groups in total. The van der Waals surface area contributed by atoms with E-state index < -0.39 is 8.32 Å². The molecular formula is C14H28O2Si. The quantitative estimate of drug-likeness (QED) is 0.692. The normalized spacial score (nSPS) is 34.8. The smallest absolute Gasteiger partial charge is 0.192 e. The first-order chi connectivity index (χ1) is 7.77. The van der Waals surface area contributed by atoms with Crippen molar-refractivity contribution >= 4 is 8.32 Å². The van der Waals surface area contributed by atoms with Crippen LogP contribution in [0.15, 0.2) is 0 Å². The van der Waals surface area contributed by atoms with E-state index in [1.807, 2.05) is 0 Å². The molecule has 1 aliphatic carbocycles. The van der Waals surface area contributed by atoms with Gasteiger partial charge in [0.15, 0.2) is 8.32 Å². The van der Waals surface area contributed by atoms with Crippen molar-refractivity contribution in [1.82, 2.24) is 0 Å². The molecule has 0 radical (unpaired) electrons.